The second-order valence-corrected chi connectivity index (χ2v) is 14.8. The van der Waals surface area contributed by atoms with Crippen molar-refractivity contribution in [3.63, 3.8) is 0 Å². The Kier molecular flexibility index (Phi) is 6.83. The van der Waals surface area contributed by atoms with Crippen molar-refractivity contribution >= 4 is 39.6 Å². The summed E-state index contributed by atoms with van der Waals surface area (Å²) in [7, 11) is 0. The predicted octanol–water partition coefficient (Wildman–Crippen LogP) is 10.5. The molecular formula is C43H39Cl. The van der Waals surface area contributed by atoms with Crippen LogP contribution in [0.25, 0.3) is 39.1 Å². The van der Waals surface area contributed by atoms with Crippen LogP contribution in [0.15, 0.2) is 109 Å². The molecule has 1 heteroatoms. The molecule has 0 saturated carbocycles. The minimum absolute atomic E-state index is 0.0853. The van der Waals surface area contributed by atoms with Crippen molar-refractivity contribution in [3.8, 4) is 11.1 Å². The topological polar surface area (TPSA) is 0 Å². The molecule has 0 fully saturated rings. The van der Waals surface area contributed by atoms with Gasteiger partial charge in [0.05, 0.1) is 0 Å². The summed E-state index contributed by atoms with van der Waals surface area (Å²) in [6.45, 7) is 14.0. The third-order valence-electron chi connectivity index (χ3n) is 9.16. The molecule has 0 saturated heterocycles. The largest absolute Gasteiger partial charge is 0.0843 e. The van der Waals surface area contributed by atoms with Crippen LogP contribution in [-0.2, 0) is 10.8 Å². The summed E-state index contributed by atoms with van der Waals surface area (Å²) < 4.78 is 0. The Morgan fingerprint density at radius 1 is 0.727 bits per heavy atom. The molecule has 0 radical (unpaired) electrons. The molecule has 0 bridgehead atoms. The maximum absolute atomic E-state index is 6.72. The third kappa shape index (κ3) is 4.86. The van der Waals surface area contributed by atoms with E-state index < -0.39 is 0 Å². The molecule has 2 aliphatic rings. The van der Waals surface area contributed by atoms with Gasteiger partial charge in [-0.05, 0) is 118 Å². The van der Waals surface area contributed by atoms with Crippen molar-refractivity contribution < 1.29 is 0 Å². The monoisotopic (exact) mass is 590 g/mol. The van der Waals surface area contributed by atoms with Gasteiger partial charge in [-0.2, -0.15) is 0 Å². The second kappa shape index (κ2) is 10.5. The molecule has 0 atom stereocenters. The van der Waals surface area contributed by atoms with Gasteiger partial charge in [-0.25, -0.2) is 0 Å². The molecule has 7 rings (SSSR count). The van der Waals surface area contributed by atoms with E-state index in [1.54, 1.807) is 0 Å². The fraction of sp³-hybridized carbons (Fsp3) is 0.209. The Labute approximate surface area is 266 Å². The molecule has 218 valence electrons. The maximum atomic E-state index is 6.72. The first kappa shape index (κ1) is 28.6. The highest BCUT2D eigenvalue weighted by molar-refractivity contribution is 6.30. The van der Waals surface area contributed by atoms with E-state index in [0.29, 0.717) is 0 Å². The van der Waals surface area contributed by atoms with E-state index in [4.69, 9.17) is 11.6 Å². The summed E-state index contributed by atoms with van der Waals surface area (Å²) in [5.74, 6) is 0. The summed E-state index contributed by atoms with van der Waals surface area (Å²) in [6.07, 6.45) is 10.2. The van der Waals surface area contributed by atoms with E-state index in [1.807, 2.05) is 6.07 Å². The molecule has 2 aliphatic carbocycles. The highest BCUT2D eigenvalue weighted by Gasteiger charge is 2.29. The second-order valence-electron chi connectivity index (χ2n) is 14.3. The zero-order chi connectivity index (χ0) is 30.8. The summed E-state index contributed by atoms with van der Waals surface area (Å²) in [5, 5.41) is 5.85. The van der Waals surface area contributed by atoms with Gasteiger partial charge in [0.2, 0.25) is 0 Å². The van der Waals surface area contributed by atoms with Crippen LogP contribution in [0, 0.1) is 0 Å². The van der Waals surface area contributed by atoms with Crippen LogP contribution in [0.3, 0.4) is 0 Å². The van der Waals surface area contributed by atoms with E-state index in [0.717, 1.165) is 17.0 Å². The Hall–Kier alpha value is -4.13. The molecule has 0 amide bonds. The summed E-state index contributed by atoms with van der Waals surface area (Å²) >= 11 is 6.72. The van der Waals surface area contributed by atoms with Crippen molar-refractivity contribution in [2.24, 2.45) is 0 Å². The number of hydrogen-bond donors (Lipinski definition) is 0. The zero-order valence-electron chi connectivity index (χ0n) is 26.6. The van der Waals surface area contributed by atoms with Crippen LogP contribution < -0.4 is 10.4 Å². The standard InChI is InChI=1S/C43H39Cl/c1-42(2,3)31-21-22-34-30(23-31)25-37-36(34)26-38(41(43(4,5)6)40(37)28-14-7-8-15-28)39(29-17-11-18-32(44)24-29)35-20-12-16-27-13-9-10-19-33(27)35/h7-14,16-26H,15H2,1-6H3. The lowest BCUT2D eigenvalue weighted by molar-refractivity contribution is 0.583. The Bertz CT molecular complexity index is 2150. The number of hydrogen-bond acceptors (Lipinski definition) is 0. The van der Waals surface area contributed by atoms with E-state index in [-0.39, 0.29) is 10.8 Å². The first-order valence-electron chi connectivity index (χ1n) is 15.7. The molecule has 0 heterocycles. The fourth-order valence-corrected chi connectivity index (χ4v) is 7.30. The number of rotatable bonds is 3. The smallest absolute Gasteiger partial charge is 0.0412 e. The molecule has 0 N–H and O–H groups in total. The highest BCUT2D eigenvalue weighted by atomic mass is 35.5. The van der Waals surface area contributed by atoms with Gasteiger partial charge in [0, 0.05) is 5.02 Å². The number of allylic oxidation sites excluding steroid dienone is 4. The minimum atomic E-state index is -0.128. The highest BCUT2D eigenvalue weighted by Crippen LogP contribution is 2.38. The summed E-state index contributed by atoms with van der Waals surface area (Å²) in [4.78, 5) is 0. The maximum Gasteiger partial charge on any atom is 0.0412 e. The first-order valence-corrected chi connectivity index (χ1v) is 16.1. The van der Waals surface area contributed by atoms with Gasteiger partial charge in [-0.1, -0.05) is 144 Å². The third-order valence-corrected chi connectivity index (χ3v) is 9.39. The van der Waals surface area contributed by atoms with Crippen molar-refractivity contribution in [2.75, 3.05) is 0 Å². The van der Waals surface area contributed by atoms with Crippen LogP contribution in [-0.4, -0.2) is 0 Å². The van der Waals surface area contributed by atoms with Gasteiger partial charge in [-0.15, -0.1) is 0 Å². The molecule has 44 heavy (non-hydrogen) atoms. The lowest BCUT2D eigenvalue weighted by Gasteiger charge is -2.28. The quantitative estimate of drug-likeness (QED) is 0.192. The number of benzene rings is 5. The zero-order valence-corrected chi connectivity index (χ0v) is 27.3. The average molecular weight is 591 g/mol. The molecule has 5 aromatic carbocycles. The van der Waals surface area contributed by atoms with Crippen molar-refractivity contribution in [1.82, 2.24) is 0 Å². The Morgan fingerprint density at radius 3 is 2.23 bits per heavy atom. The van der Waals surface area contributed by atoms with Gasteiger partial charge in [-0.3, -0.25) is 0 Å². The molecule has 5 aromatic rings. The Balaban J connectivity index is 1.72. The van der Waals surface area contributed by atoms with E-state index in [9.17, 15) is 0 Å². The van der Waals surface area contributed by atoms with E-state index >= 15 is 0 Å². The molecular weight excluding hydrogens is 552 g/mol. The van der Waals surface area contributed by atoms with E-state index in [1.165, 1.54) is 71.3 Å². The Morgan fingerprint density at radius 2 is 1.50 bits per heavy atom. The summed E-state index contributed by atoms with van der Waals surface area (Å²) in [6, 6.07) is 33.4. The van der Waals surface area contributed by atoms with Crippen molar-refractivity contribution in [2.45, 2.75) is 58.8 Å². The van der Waals surface area contributed by atoms with Gasteiger partial charge in [0.25, 0.3) is 0 Å². The summed E-state index contributed by atoms with van der Waals surface area (Å²) in [5.41, 5.74) is 13.0. The fourth-order valence-electron chi connectivity index (χ4n) is 7.11. The normalized spacial score (nSPS) is 14.8. The van der Waals surface area contributed by atoms with Crippen molar-refractivity contribution in [3.05, 3.63) is 158 Å². The van der Waals surface area contributed by atoms with Gasteiger partial charge in [0.15, 0.2) is 0 Å². The number of halogens is 1. The molecule has 0 aliphatic heterocycles. The van der Waals surface area contributed by atoms with Gasteiger partial charge < -0.3 is 0 Å². The lowest BCUT2D eigenvalue weighted by Crippen LogP contribution is -2.32. The van der Waals surface area contributed by atoms with E-state index in [2.05, 4.69) is 151 Å². The predicted molar refractivity (Wildman–Crippen MR) is 191 cm³/mol. The minimum Gasteiger partial charge on any atom is -0.0843 e. The van der Waals surface area contributed by atoms with Crippen molar-refractivity contribution in [1.29, 1.82) is 0 Å². The average Bonchev–Trinajstić information content (AvgIpc) is 3.64. The SMILES string of the molecule is CC(C)(C)c1ccc2c(c1)C=c1c-2cc(=C(c2cccc(Cl)c2)c2cccc3ccccc23)c(C(C)(C)C)c1C1=CC=CC1. The first-order chi connectivity index (χ1) is 21.0. The number of fused-ring (bicyclic) bond motifs is 4. The molecule has 0 unspecified atom stereocenters. The van der Waals surface area contributed by atoms with Crippen LogP contribution in [0.2, 0.25) is 5.02 Å². The van der Waals surface area contributed by atoms with Crippen LogP contribution >= 0.6 is 11.6 Å². The van der Waals surface area contributed by atoms with Crippen LogP contribution in [0.4, 0.5) is 0 Å². The van der Waals surface area contributed by atoms with Gasteiger partial charge in [0.1, 0.15) is 0 Å². The van der Waals surface area contributed by atoms with Crippen LogP contribution in [0.5, 0.6) is 0 Å². The molecule has 0 aromatic heterocycles. The van der Waals surface area contributed by atoms with Crippen LogP contribution in [0.1, 0.15) is 81.3 Å². The lowest BCUT2D eigenvalue weighted by atomic mass is 9.76. The molecule has 0 spiro atoms. The molecule has 0 nitrogen and oxygen atoms in total. The van der Waals surface area contributed by atoms with Gasteiger partial charge >= 0.3 is 0 Å².